The minimum absolute atomic E-state index is 0.109. The normalized spacial score (nSPS) is 16.7. The van der Waals surface area contributed by atoms with E-state index in [4.69, 9.17) is 19.2 Å². The second-order valence-electron chi connectivity index (χ2n) is 8.76. The van der Waals surface area contributed by atoms with Gasteiger partial charge in [-0.25, -0.2) is 9.79 Å². The molecule has 1 aromatic carbocycles. The average Bonchev–Trinajstić information content (AvgIpc) is 3.28. The second-order valence-corrected chi connectivity index (χ2v) is 9.60. The molecule has 3 heterocycles. The smallest absolute Gasteiger partial charge is 0.338 e. The van der Waals surface area contributed by atoms with Crippen LogP contribution in [0.2, 0.25) is 0 Å². The number of thioether (sulfide) groups is 1. The SMILES string of the molecule is COc1ccc([C@@H]2C(C(=O)OC(C)C)=C(C)N=C3SC=C(CC(=O)NCc4ccncc4)N32)c(OC)c1. The summed E-state index contributed by atoms with van der Waals surface area (Å²) in [6.07, 6.45) is 3.18. The molecule has 0 aliphatic carbocycles. The van der Waals surface area contributed by atoms with Gasteiger partial charge in [0.2, 0.25) is 5.91 Å². The van der Waals surface area contributed by atoms with Crippen LogP contribution in [0.25, 0.3) is 0 Å². The molecule has 37 heavy (non-hydrogen) atoms. The number of aromatic nitrogens is 1. The van der Waals surface area contributed by atoms with Gasteiger partial charge in [0.05, 0.1) is 44.1 Å². The molecular weight excluding hydrogens is 492 g/mol. The zero-order chi connectivity index (χ0) is 26.5. The molecule has 0 spiro atoms. The molecule has 10 heteroatoms. The molecule has 1 aromatic heterocycles. The van der Waals surface area contributed by atoms with E-state index in [1.54, 1.807) is 53.5 Å². The van der Waals surface area contributed by atoms with Gasteiger partial charge in [0.15, 0.2) is 5.17 Å². The molecule has 0 saturated heterocycles. The molecule has 4 rings (SSSR count). The number of hydrogen-bond acceptors (Lipinski definition) is 9. The fourth-order valence-electron chi connectivity index (χ4n) is 4.18. The van der Waals surface area contributed by atoms with E-state index < -0.39 is 12.0 Å². The van der Waals surface area contributed by atoms with Crippen LogP contribution in [-0.4, -0.2) is 47.3 Å². The lowest BCUT2D eigenvalue weighted by molar-refractivity contribution is -0.143. The summed E-state index contributed by atoms with van der Waals surface area (Å²) in [5.74, 6) is 0.561. The van der Waals surface area contributed by atoms with Crippen LogP contribution in [-0.2, 0) is 20.9 Å². The summed E-state index contributed by atoms with van der Waals surface area (Å²) >= 11 is 1.42. The molecule has 2 aliphatic rings. The summed E-state index contributed by atoms with van der Waals surface area (Å²) in [6.45, 7) is 5.80. The van der Waals surface area contributed by atoms with Gasteiger partial charge in [-0.2, -0.15) is 0 Å². The van der Waals surface area contributed by atoms with E-state index in [1.807, 2.05) is 34.6 Å². The molecule has 194 valence electrons. The highest BCUT2D eigenvalue weighted by atomic mass is 32.2. The quantitative estimate of drug-likeness (QED) is 0.486. The number of amides is 1. The molecule has 1 amide bonds. The van der Waals surface area contributed by atoms with Crippen molar-refractivity contribution in [2.24, 2.45) is 4.99 Å². The highest BCUT2D eigenvalue weighted by Gasteiger charge is 2.42. The Labute approximate surface area is 220 Å². The van der Waals surface area contributed by atoms with Crippen molar-refractivity contribution in [1.29, 1.82) is 0 Å². The molecule has 1 N–H and O–H groups in total. The van der Waals surface area contributed by atoms with Gasteiger partial charge < -0.3 is 24.4 Å². The number of aliphatic imine (C=N–C) groups is 1. The second kappa shape index (κ2) is 11.5. The van der Waals surface area contributed by atoms with Gasteiger partial charge in [0.1, 0.15) is 11.5 Å². The minimum Gasteiger partial charge on any atom is -0.497 e. The lowest BCUT2D eigenvalue weighted by Gasteiger charge is -2.37. The number of allylic oxidation sites excluding steroid dienone is 1. The van der Waals surface area contributed by atoms with Crippen molar-refractivity contribution >= 4 is 28.8 Å². The van der Waals surface area contributed by atoms with Crippen LogP contribution in [0.3, 0.4) is 0 Å². The first-order valence-corrected chi connectivity index (χ1v) is 12.7. The standard InChI is InChI=1S/C27H30N4O5S/c1-16(2)36-26(33)24-17(3)30-27-31(25(24)21-7-6-20(34-4)13-22(21)35-5)19(15-37-27)12-23(32)29-14-18-8-10-28-11-9-18/h6-11,13,15-16,25H,12,14H2,1-5H3,(H,29,32)/t25-/m1/s1. The van der Waals surface area contributed by atoms with Crippen molar-refractivity contribution in [3.8, 4) is 11.5 Å². The monoisotopic (exact) mass is 522 g/mol. The topological polar surface area (TPSA) is 102 Å². The Kier molecular flexibility index (Phi) is 8.17. The number of benzene rings is 1. The summed E-state index contributed by atoms with van der Waals surface area (Å²) in [5, 5.41) is 5.53. The number of hydrogen-bond donors (Lipinski definition) is 1. The first-order valence-electron chi connectivity index (χ1n) is 11.8. The van der Waals surface area contributed by atoms with Gasteiger partial charge in [-0.05, 0) is 56.0 Å². The Bertz CT molecular complexity index is 1270. The molecule has 0 saturated carbocycles. The maximum atomic E-state index is 13.4. The Balaban J connectivity index is 1.68. The lowest BCUT2D eigenvalue weighted by Crippen LogP contribution is -2.38. The Hall–Kier alpha value is -3.79. The maximum Gasteiger partial charge on any atom is 0.338 e. The highest BCUT2D eigenvalue weighted by Crippen LogP contribution is 2.47. The third kappa shape index (κ3) is 5.80. The van der Waals surface area contributed by atoms with E-state index in [9.17, 15) is 9.59 Å². The number of amidine groups is 1. The fraction of sp³-hybridized carbons (Fsp3) is 0.333. The third-order valence-corrected chi connectivity index (χ3v) is 6.77. The summed E-state index contributed by atoms with van der Waals surface area (Å²) in [4.78, 5) is 36.9. The van der Waals surface area contributed by atoms with Crippen molar-refractivity contribution in [3.63, 3.8) is 0 Å². The van der Waals surface area contributed by atoms with Crippen molar-refractivity contribution in [1.82, 2.24) is 15.2 Å². The Morgan fingerprint density at radius 1 is 1.14 bits per heavy atom. The van der Waals surface area contributed by atoms with Crippen molar-refractivity contribution in [2.45, 2.75) is 45.9 Å². The summed E-state index contributed by atoms with van der Waals surface area (Å²) < 4.78 is 16.7. The first-order chi connectivity index (χ1) is 17.8. The Morgan fingerprint density at radius 2 is 1.89 bits per heavy atom. The van der Waals surface area contributed by atoms with Crippen LogP contribution in [0.1, 0.15) is 44.4 Å². The van der Waals surface area contributed by atoms with E-state index in [0.29, 0.717) is 34.5 Å². The number of fused-ring (bicyclic) bond motifs is 1. The van der Waals surface area contributed by atoms with E-state index in [2.05, 4.69) is 10.3 Å². The van der Waals surface area contributed by atoms with Gasteiger partial charge in [0.25, 0.3) is 0 Å². The molecule has 1 atom stereocenters. The molecule has 0 fully saturated rings. The first kappa shape index (κ1) is 26.3. The molecule has 0 radical (unpaired) electrons. The Morgan fingerprint density at radius 3 is 2.57 bits per heavy atom. The van der Waals surface area contributed by atoms with E-state index in [-0.39, 0.29) is 18.4 Å². The third-order valence-electron chi connectivity index (χ3n) is 5.88. The van der Waals surface area contributed by atoms with Crippen LogP contribution in [0, 0.1) is 0 Å². The number of pyridine rings is 1. The maximum absolute atomic E-state index is 13.4. The molecular formula is C27H30N4O5S. The predicted octanol–water partition coefficient (Wildman–Crippen LogP) is 4.33. The van der Waals surface area contributed by atoms with Crippen LogP contribution in [0.4, 0.5) is 0 Å². The van der Waals surface area contributed by atoms with Gasteiger partial charge in [-0.3, -0.25) is 9.78 Å². The van der Waals surface area contributed by atoms with Gasteiger partial charge in [0, 0.05) is 36.3 Å². The van der Waals surface area contributed by atoms with Crippen LogP contribution < -0.4 is 14.8 Å². The van der Waals surface area contributed by atoms with Gasteiger partial charge in [-0.15, -0.1) is 0 Å². The van der Waals surface area contributed by atoms with Crippen LogP contribution in [0.5, 0.6) is 11.5 Å². The number of rotatable bonds is 9. The molecule has 9 nitrogen and oxygen atoms in total. The molecule has 2 aromatic rings. The van der Waals surface area contributed by atoms with Crippen molar-refractivity contribution in [3.05, 3.63) is 76.2 Å². The van der Waals surface area contributed by atoms with E-state index in [1.165, 1.54) is 11.8 Å². The largest absolute Gasteiger partial charge is 0.497 e. The van der Waals surface area contributed by atoms with Crippen molar-refractivity contribution in [2.75, 3.05) is 14.2 Å². The summed E-state index contributed by atoms with van der Waals surface area (Å²) in [7, 11) is 3.15. The zero-order valence-electron chi connectivity index (χ0n) is 21.5. The number of esters is 1. The van der Waals surface area contributed by atoms with Crippen LogP contribution >= 0.6 is 11.8 Å². The summed E-state index contributed by atoms with van der Waals surface area (Å²) in [5.41, 5.74) is 3.37. The number of ether oxygens (including phenoxy) is 3. The van der Waals surface area contributed by atoms with Crippen molar-refractivity contribution < 1.29 is 23.8 Å². The van der Waals surface area contributed by atoms with E-state index in [0.717, 1.165) is 16.8 Å². The lowest BCUT2D eigenvalue weighted by atomic mass is 9.93. The zero-order valence-corrected chi connectivity index (χ0v) is 22.3. The van der Waals surface area contributed by atoms with E-state index >= 15 is 0 Å². The molecule has 0 unspecified atom stereocenters. The number of nitrogens with one attached hydrogen (secondary N) is 1. The fourth-order valence-corrected chi connectivity index (χ4v) is 5.14. The number of methoxy groups -OCH3 is 2. The predicted molar refractivity (Wildman–Crippen MR) is 142 cm³/mol. The number of nitrogens with zero attached hydrogens (tertiary/aromatic N) is 3. The number of carbonyl (C=O) groups excluding carboxylic acids is 2. The van der Waals surface area contributed by atoms with Gasteiger partial charge >= 0.3 is 5.97 Å². The molecule has 0 bridgehead atoms. The van der Waals surface area contributed by atoms with Crippen LogP contribution in [0.15, 0.2) is 70.1 Å². The minimum atomic E-state index is -0.603. The number of carbonyl (C=O) groups is 2. The summed E-state index contributed by atoms with van der Waals surface area (Å²) in [6, 6.07) is 8.56. The van der Waals surface area contributed by atoms with Gasteiger partial charge in [-0.1, -0.05) is 11.8 Å². The highest BCUT2D eigenvalue weighted by molar-refractivity contribution is 8.16. The molecule has 2 aliphatic heterocycles. The average molecular weight is 523 g/mol.